The molecule has 12 heteroatoms. The molecule has 1 aliphatic rings. The van der Waals surface area contributed by atoms with E-state index >= 15 is 0 Å². The smallest absolute Gasteiger partial charge is 0.269 e. The van der Waals surface area contributed by atoms with Crippen molar-refractivity contribution in [1.82, 2.24) is 10.2 Å². The second kappa shape index (κ2) is 10.0. The molecule has 4 rings (SSSR count). The number of benzene rings is 2. The summed E-state index contributed by atoms with van der Waals surface area (Å²) >= 11 is 2.67. The lowest BCUT2D eigenvalue weighted by molar-refractivity contribution is -0.122. The second-order valence-corrected chi connectivity index (χ2v) is 11.4. The molecule has 1 aromatic heterocycles. The predicted octanol–water partition coefficient (Wildman–Crippen LogP) is 3.73. The van der Waals surface area contributed by atoms with Crippen molar-refractivity contribution in [2.45, 2.75) is 22.3 Å². The van der Waals surface area contributed by atoms with Gasteiger partial charge >= 0.3 is 0 Å². The summed E-state index contributed by atoms with van der Waals surface area (Å²) in [7, 11) is -2.48. The SMILES string of the molecule is C=CCSc1nnc(NC(=O)C2CN(S(=O)(=O)c3ccc(OC)cc3)c3cc(C)ccc3O2)s1. The molecule has 1 atom stereocenters. The number of aryl methyl sites for hydroxylation is 1. The van der Waals surface area contributed by atoms with Crippen molar-refractivity contribution in [2.75, 3.05) is 29.0 Å². The Labute approximate surface area is 205 Å². The summed E-state index contributed by atoms with van der Waals surface area (Å²) in [6, 6.07) is 11.3. The largest absolute Gasteiger partial charge is 0.497 e. The van der Waals surface area contributed by atoms with Gasteiger partial charge in [0.1, 0.15) is 11.5 Å². The number of aromatic nitrogens is 2. The average Bonchev–Trinajstić information content (AvgIpc) is 3.29. The van der Waals surface area contributed by atoms with Crippen LogP contribution in [0.1, 0.15) is 5.56 Å². The number of carbonyl (C=O) groups excluding carboxylic acids is 1. The minimum Gasteiger partial charge on any atom is -0.497 e. The van der Waals surface area contributed by atoms with E-state index < -0.39 is 22.0 Å². The fourth-order valence-electron chi connectivity index (χ4n) is 3.24. The van der Waals surface area contributed by atoms with E-state index in [-0.39, 0.29) is 11.4 Å². The van der Waals surface area contributed by atoms with Crippen molar-refractivity contribution in [3.63, 3.8) is 0 Å². The third-order valence-corrected chi connectivity index (χ3v) is 8.65. The van der Waals surface area contributed by atoms with Crippen LogP contribution in [0.25, 0.3) is 0 Å². The molecule has 0 aliphatic carbocycles. The molecule has 1 unspecified atom stereocenters. The Morgan fingerprint density at radius 1 is 1.32 bits per heavy atom. The molecule has 0 saturated carbocycles. The maximum Gasteiger partial charge on any atom is 0.269 e. The van der Waals surface area contributed by atoms with Crippen LogP contribution in [-0.4, -0.2) is 50.0 Å². The first-order valence-corrected chi connectivity index (χ1v) is 13.4. The Hall–Kier alpha value is -3.09. The molecular weight excluding hydrogens is 496 g/mol. The molecule has 0 spiro atoms. The zero-order valence-electron chi connectivity index (χ0n) is 18.4. The minimum absolute atomic E-state index is 0.0785. The summed E-state index contributed by atoms with van der Waals surface area (Å²) in [5.41, 5.74) is 1.23. The summed E-state index contributed by atoms with van der Waals surface area (Å²) < 4.78 is 40.0. The quantitative estimate of drug-likeness (QED) is 0.273. The van der Waals surface area contributed by atoms with Gasteiger partial charge in [0, 0.05) is 5.75 Å². The molecule has 1 aliphatic heterocycles. The van der Waals surface area contributed by atoms with Crippen LogP contribution in [0.15, 0.2) is 64.4 Å². The van der Waals surface area contributed by atoms with Gasteiger partial charge in [0.05, 0.1) is 24.2 Å². The van der Waals surface area contributed by atoms with Gasteiger partial charge in [0.15, 0.2) is 10.4 Å². The van der Waals surface area contributed by atoms with E-state index in [1.54, 1.807) is 36.4 Å². The summed E-state index contributed by atoms with van der Waals surface area (Å²) in [5.74, 6) is 0.992. The van der Waals surface area contributed by atoms with Gasteiger partial charge in [-0.25, -0.2) is 8.42 Å². The fourth-order valence-corrected chi connectivity index (χ4v) is 6.22. The van der Waals surface area contributed by atoms with Crippen molar-refractivity contribution in [3.8, 4) is 11.5 Å². The van der Waals surface area contributed by atoms with Crippen molar-refractivity contribution in [2.24, 2.45) is 0 Å². The van der Waals surface area contributed by atoms with Gasteiger partial charge in [0.25, 0.3) is 15.9 Å². The number of anilines is 2. The topological polar surface area (TPSA) is 111 Å². The van der Waals surface area contributed by atoms with Crippen LogP contribution in [0.5, 0.6) is 11.5 Å². The zero-order chi connectivity index (χ0) is 24.3. The van der Waals surface area contributed by atoms with Crippen LogP contribution in [0.3, 0.4) is 0 Å². The lowest BCUT2D eigenvalue weighted by Crippen LogP contribution is -2.48. The highest BCUT2D eigenvalue weighted by atomic mass is 32.2. The Kier molecular flexibility index (Phi) is 7.10. The molecular formula is C22H22N4O5S3. The lowest BCUT2D eigenvalue weighted by Gasteiger charge is -2.34. The lowest BCUT2D eigenvalue weighted by atomic mass is 10.1. The zero-order valence-corrected chi connectivity index (χ0v) is 20.9. The molecule has 2 heterocycles. The first kappa shape index (κ1) is 24.0. The van der Waals surface area contributed by atoms with E-state index in [0.29, 0.717) is 32.4 Å². The van der Waals surface area contributed by atoms with Crippen LogP contribution in [0, 0.1) is 6.92 Å². The third kappa shape index (κ3) is 5.03. The molecule has 0 fully saturated rings. The third-order valence-electron chi connectivity index (χ3n) is 4.89. The van der Waals surface area contributed by atoms with Crippen LogP contribution < -0.4 is 19.1 Å². The van der Waals surface area contributed by atoms with Crippen LogP contribution >= 0.6 is 23.1 Å². The Balaban J connectivity index is 1.62. The molecule has 0 saturated heterocycles. The number of nitrogens with zero attached hydrogens (tertiary/aromatic N) is 3. The molecule has 178 valence electrons. The number of rotatable bonds is 8. The highest BCUT2D eigenvalue weighted by Gasteiger charge is 2.38. The molecule has 0 radical (unpaired) electrons. The number of sulfonamides is 1. The van der Waals surface area contributed by atoms with Gasteiger partial charge in [-0.1, -0.05) is 35.2 Å². The number of carbonyl (C=O) groups is 1. The molecule has 9 nitrogen and oxygen atoms in total. The highest BCUT2D eigenvalue weighted by Crippen LogP contribution is 2.38. The van der Waals surface area contributed by atoms with Crippen molar-refractivity contribution < 1.29 is 22.7 Å². The van der Waals surface area contributed by atoms with E-state index in [2.05, 4.69) is 22.1 Å². The van der Waals surface area contributed by atoms with E-state index in [1.807, 2.05) is 6.92 Å². The number of fused-ring (bicyclic) bond motifs is 1. The summed E-state index contributed by atoms with van der Waals surface area (Å²) in [5, 5.41) is 11.0. The van der Waals surface area contributed by atoms with Gasteiger partial charge in [0.2, 0.25) is 5.13 Å². The Bertz CT molecular complexity index is 1310. The number of thioether (sulfide) groups is 1. The maximum atomic E-state index is 13.6. The normalized spacial score (nSPS) is 15.2. The van der Waals surface area contributed by atoms with Gasteiger partial charge in [-0.3, -0.25) is 14.4 Å². The van der Waals surface area contributed by atoms with Gasteiger partial charge in [-0.15, -0.1) is 16.8 Å². The van der Waals surface area contributed by atoms with Crippen LogP contribution in [0.4, 0.5) is 10.8 Å². The van der Waals surface area contributed by atoms with Crippen molar-refractivity contribution >= 4 is 49.8 Å². The summed E-state index contributed by atoms with van der Waals surface area (Å²) in [6.45, 7) is 5.32. The van der Waals surface area contributed by atoms with E-state index in [1.165, 1.54) is 46.6 Å². The number of ether oxygens (including phenoxy) is 2. The van der Waals surface area contributed by atoms with Gasteiger partial charge in [-0.2, -0.15) is 0 Å². The number of hydrogen-bond acceptors (Lipinski definition) is 9. The monoisotopic (exact) mass is 518 g/mol. The summed E-state index contributed by atoms with van der Waals surface area (Å²) in [6.07, 6.45) is 0.661. The molecule has 2 aromatic carbocycles. The number of amides is 1. The van der Waals surface area contributed by atoms with Crippen molar-refractivity contribution in [3.05, 3.63) is 60.7 Å². The highest BCUT2D eigenvalue weighted by molar-refractivity contribution is 8.01. The minimum atomic E-state index is -3.98. The first-order valence-electron chi connectivity index (χ1n) is 10.1. The van der Waals surface area contributed by atoms with E-state index in [0.717, 1.165) is 5.56 Å². The maximum absolute atomic E-state index is 13.6. The number of hydrogen-bond donors (Lipinski definition) is 1. The molecule has 1 N–H and O–H groups in total. The van der Waals surface area contributed by atoms with E-state index in [4.69, 9.17) is 9.47 Å². The average molecular weight is 519 g/mol. The molecule has 1 amide bonds. The fraction of sp³-hybridized carbons (Fsp3) is 0.227. The first-order chi connectivity index (χ1) is 16.3. The second-order valence-electron chi connectivity index (χ2n) is 7.25. The van der Waals surface area contributed by atoms with Gasteiger partial charge in [-0.05, 0) is 48.9 Å². The summed E-state index contributed by atoms with van der Waals surface area (Å²) in [4.78, 5) is 13.1. The standard InChI is InChI=1S/C22H22N4O5S3/c1-4-11-32-22-25-24-21(33-22)23-20(27)19-13-26(17-12-14(2)5-10-18(17)31-19)34(28,29)16-8-6-15(30-3)7-9-16/h4-10,12,19H,1,11,13H2,2-3H3,(H,23,24,27). The van der Waals surface area contributed by atoms with E-state index in [9.17, 15) is 13.2 Å². The van der Waals surface area contributed by atoms with Crippen LogP contribution in [-0.2, 0) is 14.8 Å². The molecule has 34 heavy (non-hydrogen) atoms. The Morgan fingerprint density at radius 2 is 2.09 bits per heavy atom. The van der Waals surface area contributed by atoms with Gasteiger partial charge < -0.3 is 9.47 Å². The number of nitrogens with one attached hydrogen (secondary N) is 1. The number of methoxy groups -OCH3 is 1. The van der Waals surface area contributed by atoms with Crippen molar-refractivity contribution in [1.29, 1.82) is 0 Å². The predicted molar refractivity (Wildman–Crippen MR) is 133 cm³/mol. The Morgan fingerprint density at radius 3 is 2.79 bits per heavy atom. The van der Waals surface area contributed by atoms with Crippen LogP contribution in [0.2, 0.25) is 0 Å². The molecule has 0 bridgehead atoms. The molecule has 3 aromatic rings.